The molecule has 0 amide bonds. The first-order valence-corrected chi connectivity index (χ1v) is 7.07. The fourth-order valence-electron chi connectivity index (χ4n) is 3.02. The van der Waals surface area contributed by atoms with Crippen LogP contribution in [0.1, 0.15) is 30.9 Å². The molecule has 1 saturated heterocycles. The smallest absolute Gasteiger partial charge is 0.325 e. The first kappa shape index (κ1) is 13.1. The highest BCUT2D eigenvalue weighted by Gasteiger charge is 2.29. The summed E-state index contributed by atoms with van der Waals surface area (Å²) in [5, 5.41) is 11.6. The second kappa shape index (κ2) is 5.59. The van der Waals surface area contributed by atoms with Gasteiger partial charge < -0.3 is 5.11 Å². The van der Waals surface area contributed by atoms with Crippen molar-refractivity contribution in [1.82, 2.24) is 9.88 Å². The molecule has 0 radical (unpaired) electrons. The van der Waals surface area contributed by atoms with Crippen molar-refractivity contribution in [2.75, 3.05) is 13.1 Å². The third kappa shape index (κ3) is 2.39. The van der Waals surface area contributed by atoms with Crippen LogP contribution >= 0.6 is 0 Å². The normalized spacial score (nSPS) is 18.0. The minimum atomic E-state index is -0.787. The molecule has 1 unspecified atom stereocenters. The number of likely N-dealkylation sites (tertiary alicyclic amines) is 1. The standard InChI is InChI=1S/C16H18N2O2/c19-16(20)15(18-8-4-1-5-9-18)14-11-17-10-12-6-2-3-7-13(12)14/h2-3,6-7,10-11,15H,1,4-5,8-9H2,(H,19,20). The highest BCUT2D eigenvalue weighted by molar-refractivity contribution is 5.89. The molecule has 1 aliphatic heterocycles. The van der Waals surface area contributed by atoms with Gasteiger partial charge in [-0.05, 0) is 31.3 Å². The number of benzene rings is 1. The lowest BCUT2D eigenvalue weighted by atomic mass is 9.98. The quantitative estimate of drug-likeness (QED) is 0.931. The minimum Gasteiger partial charge on any atom is -0.480 e. The van der Waals surface area contributed by atoms with E-state index in [0.717, 1.165) is 42.3 Å². The summed E-state index contributed by atoms with van der Waals surface area (Å²) in [4.78, 5) is 18.1. The highest BCUT2D eigenvalue weighted by Crippen LogP contribution is 2.29. The van der Waals surface area contributed by atoms with E-state index >= 15 is 0 Å². The van der Waals surface area contributed by atoms with Gasteiger partial charge >= 0.3 is 5.97 Å². The van der Waals surface area contributed by atoms with Crippen LogP contribution < -0.4 is 0 Å². The first-order chi connectivity index (χ1) is 9.77. The fourth-order valence-corrected chi connectivity index (χ4v) is 3.02. The summed E-state index contributed by atoms with van der Waals surface area (Å²) < 4.78 is 0. The van der Waals surface area contributed by atoms with Crippen molar-refractivity contribution >= 4 is 16.7 Å². The SMILES string of the molecule is O=C(O)C(c1cncc2ccccc12)N1CCCCC1. The van der Waals surface area contributed by atoms with Crippen molar-refractivity contribution in [1.29, 1.82) is 0 Å². The Kier molecular flexibility index (Phi) is 3.65. The van der Waals surface area contributed by atoms with Crippen molar-refractivity contribution < 1.29 is 9.90 Å². The third-order valence-electron chi connectivity index (χ3n) is 3.98. The predicted octanol–water partition coefficient (Wildman–Crippen LogP) is 2.85. The zero-order chi connectivity index (χ0) is 13.9. The minimum absolute atomic E-state index is 0.589. The summed E-state index contributed by atoms with van der Waals surface area (Å²) in [7, 11) is 0. The van der Waals surface area contributed by atoms with Crippen LogP contribution in [0, 0.1) is 0 Å². The number of pyridine rings is 1. The number of hydrogen-bond donors (Lipinski definition) is 1. The van der Waals surface area contributed by atoms with Gasteiger partial charge in [-0.25, -0.2) is 0 Å². The van der Waals surface area contributed by atoms with E-state index in [1.807, 2.05) is 24.3 Å². The number of carboxylic acids is 1. The Hall–Kier alpha value is -1.94. The molecule has 0 aliphatic carbocycles. The summed E-state index contributed by atoms with van der Waals surface area (Å²) in [6, 6.07) is 7.26. The second-order valence-electron chi connectivity index (χ2n) is 5.29. The fraction of sp³-hybridized carbons (Fsp3) is 0.375. The number of carboxylic acid groups (broad SMARTS) is 1. The van der Waals surface area contributed by atoms with Gasteiger partial charge in [0.25, 0.3) is 0 Å². The average molecular weight is 270 g/mol. The van der Waals surface area contributed by atoms with Gasteiger partial charge in [-0.15, -0.1) is 0 Å². The van der Waals surface area contributed by atoms with Gasteiger partial charge in [-0.3, -0.25) is 14.7 Å². The maximum atomic E-state index is 11.8. The van der Waals surface area contributed by atoms with E-state index in [9.17, 15) is 9.90 Å². The van der Waals surface area contributed by atoms with Gasteiger partial charge in [0.15, 0.2) is 0 Å². The first-order valence-electron chi connectivity index (χ1n) is 7.07. The molecule has 0 spiro atoms. The van der Waals surface area contributed by atoms with E-state index in [1.54, 1.807) is 12.4 Å². The molecule has 1 aliphatic rings. The monoisotopic (exact) mass is 270 g/mol. The summed E-state index contributed by atoms with van der Waals surface area (Å²) >= 11 is 0. The molecule has 1 aromatic heterocycles. The van der Waals surface area contributed by atoms with E-state index in [0.29, 0.717) is 0 Å². The largest absolute Gasteiger partial charge is 0.480 e. The van der Waals surface area contributed by atoms with Crippen molar-refractivity contribution in [2.24, 2.45) is 0 Å². The molecule has 4 nitrogen and oxygen atoms in total. The number of hydrogen-bond acceptors (Lipinski definition) is 3. The average Bonchev–Trinajstić information content (AvgIpc) is 2.48. The molecule has 2 aromatic rings. The predicted molar refractivity (Wildman–Crippen MR) is 77.5 cm³/mol. The van der Waals surface area contributed by atoms with Gasteiger partial charge in [0.1, 0.15) is 6.04 Å². The van der Waals surface area contributed by atoms with Crippen molar-refractivity contribution in [2.45, 2.75) is 25.3 Å². The number of aliphatic carboxylic acids is 1. The second-order valence-corrected chi connectivity index (χ2v) is 5.29. The van der Waals surface area contributed by atoms with E-state index < -0.39 is 12.0 Å². The Bertz CT molecular complexity index is 615. The van der Waals surface area contributed by atoms with Crippen LogP contribution in [0.4, 0.5) is 0 Å². The Balaban J connectivity index is 2.07. The van der Waals surface area contributed by atoms with Crippen LogP contribution in [0.25, 0.3) is 10.8 Å². The van der Waals surface area contributed by atoms with Gasteiger partial charge in [-0.2, -0.15) is 0 Å². The van der Waals surface area contributed by atoms with E-state index in [-0.39, 0.29) is 0 Å². The molecule has 1 fully saturated rings. The Morgan fingerprint density at radius 2 is 1.90 bits per heavy atom. The summed E-state index contributed by atoms with van der Waals surface area (Å²) in [6.45, 7) is 1.69. The molecule has 3 rings (SSSR count). The number of piperidine rings is 1. The van der Waals surface area contributed by atoms with Crippen LogP contribution in [0.15, 0.2) is 36.7 Å². The highest BCUT2D eigenvalue weighted by atomic mass is 16.4. The molecule has 1 atom stereocenters. The van der Waals surface area contributed by atoms with Crippen LogP contribution in [0.5, 0.6) is 0 Å². The number of nitrogens with zero attached hydrogens (tertiary/aromatic N) is 2. The van der Waals surface area contributed by atoms with Crippen LogP contribution in [-0.2, 0) is 4.79 Å². The molecule has 0 bridgehead atoms. The van der Waals surface area contributed by atoms with Crippen molar-refractivity contribution in [3.8, 4) is 0 Å². The van der Waals surface area contributed by atoms with Crippen LogP contribution in [-0.4, -0.2) is 34.0 Å². The molecule has 20 heavy (non-hydrogen) atoms. The van der Waals surface area contributed by atoms with Gasteiger partial charge in [0.2, 0.25) is 0 Å². The number of rotatable bonds is 3. The molecule has 4 heteroatoms. The van der Waals surface area contributed by atoms with E-state index in [2.05, 4.69) is 9.88 Å². The number of aromatic nitrogens is 1. The van der Waals surface area contributed by atoms with Crippen molar-refractivity contribution in [3.05, 3.63) is 42.2 Å². The van der Waals surface area contributed by atoms with Gasteiger partial charge in [0.05, 0.1) is 0 Å². The van der Waals surface area contributed by atoms with E-state index in [1.165, 1.54) is 6.42 Å². The summed E-state index contributed by atoms with van der Waals surface area (Å²) in [5.41, 5.74) is 0.803. The summed E-state index contributed by atoms with van der Waals surface area (Å²) in [5.74, 6) is -0.787. The molecular formula is C16H18N2O2. The van der Waals surface area contributed by atoms with Gasteiger partial charge in [0, 0.05) is 23.3 Å². The Morgan fingerprint density at radius 1 is 1.15 bits per heavy atom. The number of fused-ring (bicyclic) bond motifs is 1. The molecule has 1 N–H and O–H groups in total. The lowest BCUT2D eigenvalue weighted by Crippen LogP contribution is -2.38. The van der Waals surface area contributed by atoms with Crippen LogP contribution in [0.3, 0.4) is 0 Å². The summed E-state index contributed by atoms with van der Waals surface area (Å²) in [6.07, 6.45) is 6.82. The lowest BCUT2D eigenvalue weighted by Gasteiger charge is -2.32. The zero-order valence-corrected chi connectivity index (χ0v) is 11.3. The molecule has 0 saturated carbocycles. The zero-order valence-electron chi connectivity index (χ0n) is 11.3. The molecule has 1 aromatic carbocycles. The van der Waals surface area contributed by atoms with Gasteiger partial charge in [-0.1, -0.05) is 30.7 Å². The van der Waals surface area contributed by atoms with Crippen molar-refractivity contribution in [3.63, 3.8) is 0 Å². The van der Waals surface area contributed by atoms with E-state index in [4.69, 9.17) is 0 Å². The maximum Gasteiger partial charge on any atom is 0.325 e. The molecular weight excluding hydrogens is 252 g/mol. The Morgan fingerprint density at radius 3 is 2.65 bits per heavy atom. The molecule has 104 valence electrons. The lowest BCUT2D eigenvalue weighted by molar-refractivity contribution is -0.144. The molecule has 2 heterocycles. The van der Waals surface area contributed by atoms with Crippen LogP contribution in [0.2, 0.25) is 0 Å². The number of carbonyl (C=O) groups is 1. The maximum absolute atomic E-state index is 11.8. The Labute approximate surface area is 118 Å². The topological polar surface area (TPSA) is 53.4 Å². The third-order valence-corrected chi connectivity index (χ3v) is 3.98.